The maximum absolute atomic E-state index is 11.4. The number of thiophene rings is 1. The molecule has 0 N–H and O–H groups in total. The van der Waals surface area contributed by atoms with E-state index in [0.717, 1.165) is 21.4 Å². The van der Waals surface area contributed by atoms with Gasteiger partial charge < -0.3 is 4.90 Å². The van der Waals surface area contributed by atoms with Crippen LogP contribution in [-0.2, 0) is 6.54 Å². The average molecular weight is 369 g/mol. The summed E-state index contributed by atoms with van der Waals surface area (Å²) >= 11 is 4.61. The molecule has 0 radical (unpaired) electrons. The molecule has 7 heteroatoms. The van der Waals surface area contributed by atoms with Crippen molar-refractivity contribution in [3.05, 3.63) is 55.4 Å². The number of hydrogen-bond donors (Lipinski definition) is 0. The lowest BCUT2D eigenvalue weighted by Gasteiger charge is -2.17. The monoisotopic (exact) mass is 368 g/mol. The van der Waals surface area contributed by atoms with Crippen LogP contribution in [0.2, 0.25) is 0 Å². The average Bonchev–Trinajstić information content (AvgIpc) is 2.87. The van der Waals surface area contributed by atoms with Crippen LogP contribution in [0.4, 0.5) is 10.7 Å². The van der Waals surface area contributed by atoms with E-state index in [4.69, 9.17) is 0 Å². The van der Waals surface area contributed by atoms with Gasteiger partial charge in [0.2, 0.25) is 0 Å². The van der Waals surface area contributed by atoms with E-state index in [2.05, 4.69) is 15.9 Å². The fourth-order valence-corrected chi connectivity index (χ4v) is 3.29. The summed E-state index contributed by atoms with van der Waals surface area (Å²) in [6, 6.07) is 9.05. The smallest absolute Gasteiger partial charge is 0.304 e. The number of ketones is 1. The summed E-state index contributed by atoms with van der Waals surface area (Å²) in [5.41, 5.74) is 0.992. The first kappa shape index (κ1) is 15.7. The van der Waals surface area contributed by atoms with Gasteiger partial charge in [-0.25, -0.2) is 0 Å². The van der Waals surface area contributed by atoms with Crippen LogP contribution in [0.3, 0.4) is 0 Å². The van der Waals surface area contributed by atoms with Gasteiger partial charge in [-0.2, -0.15) is 0 Å². The first-order valence-corrected chi connectivity index (χ1v) is 7.74. The molecule has 1 aromatic carbocycles. The van der Waals surface area contributed by atoms with Crippen molar-refractivity contribution in [3.8, 4) is 0 Å². The summed E-state index contributed by atoms with van der Waals surface area (Å²) in [6.45, 7) is 1.92. The number of nitro groups is 1. The Bertz CT molecular complexity index is 699. The quantitative estimate of drug-likeness (QED) is 0.449. The summed E-state index contributed by atoms with van der Waals surface area (Å²) in [4.78, 5) is 24.3. The maximum Gasteiger partial charge on any atom is 0.304 e. The molecule has 0 saturated carbocycles. The second kappa shape index (κ2) is 6.36. The van der Waals surface area contributed by atoms with Gasteiger partial charge in [0.05, 0.1) is 9.80 Å². The second-order valence-corrected chi connectivity index (χ2v) is 6.45. The van der Waals surface area contributed by atoms with Gasteiger partial charge in [-0.1, -0.05) is 34.1 Å². The highest BCUT2D eigenvalue weighted by Gasteiger charge is 2.24. The number of benzene rings is 1. The van der Waals surface area contributed by atoms with Crippen LogP contribution in [0.1, 0.15) is 22.2 Å². The van der Waals surface area contributed by atoms with E-state index in [9.17, 15) is 14.9 Å². The van der Waals surface area contributed by atoms with Crippen LogP contribution in [0.15, 0.2) is 34.8 Å². The van der Waals surface area contributed by atoms with Gasteiger partial charge in [0.1, 0.15) is 0 Å². The first-order chi connectivity index (χ1) is 9.90. The van der Waals surface area contributed by atoms with E-state index in [1.54, 1.807) is 11.9 Å². The third-order valence-corrected chi connectivity index (χ3v) is 5.06. The largest absolute Gasteiger partial charge is 0.356 e. The molecule has 0 atom stereocenters. The van der Waals surface area contributed by atoms with Gasteiger partial charge in [0.25, 0.3) is 0 Å². The van der Waals surface area contributed by atoms with Crippen molar-refractivity contribution in [1.82, 2.24) is 0 Å². The van der Waals surface area contributed by atoms with Crippen molar-refractivity contribution in [2.24, 2.45) is 0 Å². The minimum Gasteiger partial charge on any atom is -0.356 e. The third-order valence-electron chi connectivity index (χ3n) is 2.95. The summed E-state index contributed by atoms with van der Waals surface area (Å²) in [5.74, 6) is -0.163. The maximum atomic E-state index is 11.4. The number of hydrogen-bond acceptors (Lipinski definition) is 5. The SMILES string of the molecule is CC(=O)c1cc([N+](=O)[O-])c(N(C)Cc2ccccc2Br)s1. The topological polar surface area (TPSA) is 63.4 Å². The molecule has 0 spiro atoms. The standard InChI is InChI=1S/C14H13BrN2O3S/c1-9(18)13-7-12(17(19)20)14(21-13)16(2)8-10-5-3-4-6-11(10)15/h3-7H,8H2,1-2H3. The summed E-state index contributed by atoms with van der Waals surface area (Å²) in [6.07, 6.45) is 0. The highest BCUT2D eigenvalue weighted by atomic mass is 79.9. The van der Waals surface area contributed by atoms with Crippen LogP contribution in [0, 0.1) is 10.1 Å². The van der Waals surface area contributed by atoms with E-state index in [1.807, 2.05) is 24.3 Å². The Balaban J connectivity index is 2.34. The molecule has 2 rings (SSSR count). The molecule has 0 saturated heterocycles. The molecule has 0 aliphatic carbocycles. The summed E-state index contributed by atoms with van der Waals surface area (Å²) < 4.78 is 0.947. The minimum absolute atomic E-state index is 0.0280. The highest BCUT2D eigenvalue weighted by molar-refractivity contribution is 9.10. The van der Waals surface area contributed by atoms with Crippen molar-refractivity contribution < 1.29 is 9.72 Å². The number of rotatable bonds is 5. The van der Waals surface area contributed by atoms with Gasteiger partial charge >= 0.3 is 5.69 Å². The number of Topliss-reactive ketones (excluding diaryl/α,β-unsaturated/α-hetero) is 1. The zero-order chi connectivity index (χ0) is 15.6. The van der Waals surface area contributed by atoms with Gasteiger partial charge in [-0.3, -0.25) is 14.9 Å². The molecule has 2 aromatic rings. The molecular weight excluding hydrogens is 356 g/mol. The molecule has 0 aliphatic rings. The zero-order valence-corrected chi connectivity index (χ0v) is 13.9. The van der Waals surface area contributed by atoms with Crippen molar-refractivity contribution in [2.45, 2.75) is 13.5 Å². The molecule has 1 aromatic heterocycles. The van der Waals surface area contributed by atoms with Gasteiger partial charge in [-0.05, 0) is 18.6 Å². The molecule has 0 aliphatic heterocycles. The van der Waals surface area contributed by atoms with Crippen LogP contribution in [0.5, 0.6) is 0 Å². The number of carbonyl (C=O) groups excluding carboxylic acids is 1. The molecule has 0 unspecified atom stereocenters. The summed E-state index contributed by atoms with van der Waals surface area (Å²) in [7, 11) is 1.78. The van der Waals surface area contributed by atoms with E-state index in [-0.39, 0.29) is 11.5 Å². The lowest BCUT2D eigenvalue weighted by molar-refractivity contribution is -0.383. The summed E-state index contributed by atoms with van der Waals surface area (Å²) in [5, 5.41) is 11.6. The Morgan fingerprint density at radius 3 is 2.67 bits per heavy atom. The molecule has 5 nitrogen and oxygen atoms in total. The zero-order valence-electron chi connectivity index (χ0n) is 11.5. The Kier molecular flexibility index (Phi) is 4.74. The minimum atomic E-state index is -0.450. The van der Waals surface area contributed by atoms with Crippen molar-refractivity contribution >= 4 is 43.7 Å². The fraction of sp³-hybridized carbons (Fsp3) is 0.214. The van der Waals surface area contributed by atoms with Gasteiger partial charge in [0, 0.05) is 24.1 Å². The van der Waals surface area contributed by atoms with E-state index < -0.39 is 4.92 Å². The second-order valence-electron chi connectivity index (χ2n) is 4.56. The number of anilines is 1. The Morgan fingerprint density at radius 2 is 2.10 bits per heavy atom. The molecular formula is C14H13BrN2O3S. The molecule has 21 heavy (non-hydrogen) atoms. The molecule has 0 amide bonds. The molecule has 0 bridgehead atoms. The lowest BCUT2D eigenvalue weighted by Crippen LogP contribution is -2.16. The van der Waals surface area contributed by atoms with E-state index >= 15 is 0 Å². The normalized spacial score (nSPS) is 10.4. The predicted molar refractivity (Wildman–Crippen MR) is 87.2 cm³/mol. The van der Waals surface area contributed by atoms with E-state index in [1.165, 1.54) is 13.0 Å². The Morgan fingerprint density at radius 1 is 1.43 bits per heavy atom. The van der Waals surface area contributed by atoms with Gasteiger partial charge in [0.15, 0.2) is 10.8 Å². The number of nitrogens with zero attached hydrogens (tertiary/aromatic N) is 2. The van der Waals surface area contributed by atoms with Gasteiger partial charge in [-0.15, -0.1) is 11.3 Å². The van der Waals surface area contributed by atoms with Crippen molar-refractivity contribution in [2.75, 3.05) is 11.9 Å². The number of halogens is 1. The van der Waals surface area contributed by atoms with Crippen molar-refractivity contribution in [3.63, 3.8) is 0 Å². The third kappa shape index (κ3) is 3.48. The van der Waals surface area contributed by atoms with Crippen LogP contribution >= 0.6 is 27.3 Å². The Hall–Kier alpha value is -1.73. The van der Waals surface area contributed by atoms with Crippen LogP contribution in [0.25, 0.3) is 0 Å². The lowest BCUT2D eigenvalue weighted by atomic mass is 10.2. The predicted octanol–water partition coefficient (Wildman–Crippen LogP) is 4.26. The van der Waals surface area contributed by atoms with Crippen molar-refractivity contribution in [1.29, 1.82) is 0 Å². The molecule has 1 heterocycles. The number of carbonyl (C=O) groups is 1. The molecule has 0 fully saturated rings. The van der Waals surface area contributed by atoms with E-state index in [0.29, 0.717) is 16.4 Å². The Labute approximate surface area is 134 Å². The fourth-order valence-electron chi connectivity index (χ4n) is 1.90. The molecule has 110 valence electrons. The van der Waals surface area contributed by atoms with Crippen LogP contribution < -0.4 is 4.90 Å². The van der Waals surface area contributed by atoms with Crippen LogP contribution in [-0.4, -0.2) is 17.8 Å². The highest BCUT2D eigenvalue weighted by Crippen LogP contribution is 2.38. The first-order valence-electron chi connectivity index (χ1n) is 6.14.